The van der Waals surface area contributed by atoms with Gasteiger partial charge in [-0.3, -0.25) is 4.79 Å². The van der Waals surface area contributed by atoms with Crippen LogP contribution in [0.25, 0.3) is 0 Å². The Hall–Kier alpha value is -0.130. The first kappa shape index (κ1) is 14.3. The summed E-state index contributed by atoms with van der Waals surface area (Å²) in [6.45, 7) is 2.73. The van der Waals surface area contributed by atoms with Crippen molar-refractivity contribution < 1.29 is 4.79 Å². The zero-order chi connectivity index (χ0) is 13.0. The van der Waals surface area contributed by atoms with E-state index in [1.807, 2.05) is 48.6 Å². The van der Waals surface area contributed by atoms with E-state index in [1.165, 1.54) is 11.5 Å². The quantitative estimate of drug-likeness (QED) is 0.910. The molecule has 1 aromatic carbocycles. The molecule has 98 valence electrons. The van der Waals surface area contributed by atoms with E-state index in [9.17, 15) is 4.79 Å². The Morgan fingerprint density at radius 2 is 2.33 bits per heavy atom. The summed E-state index contributed by atoms with van der Waals surface area (Å²) in [4.78, 5) is 12.1. The molecule has 1 fully saturated rings. The highest BCUT2D eigenvalue weighted by atomic mass is 79.9. The summed E-state index contributed by atoms with van der Waals surface area (Å²) < 4.78 is 0.984. The largest absolute Gasteiger partial charge is 0.351 e. The van der Waals surface area contributed by atoms with E-state index in [0.29, 0.717) is 5.25 Å². The number of carbonyl (C=O) groups is 1. The maximum absolute atomic E-state index is 12.1. The van der Waals surface area contributed by atoms with Gasteiger partial charge in [-0.05, 0) is 24.6 Å². The molecular weight excluding hydrogens is 330 g/mol. The van der Waals surface area contributed by atoms with Crippen LogP contribution in [0.5, 0.6) is 0 Å². The smallest absolute Gasteiger partial charge is 0.251 e. The summed E-state index contributed by atoms with van der Waals surface area (Å²) in [5.74, 6) is 3.61. The van der Waals surface area contributed by atoms with E-state index in [-0.39, 0.29) is 5.91 Å². The van der Waals surface area contributed by atoms with Crippen LogP contribution in [-0.2, 0) is 0 Å². The molecule has 1 amide bonds. The number of carbonyl (C=O) groups excluding carboxylic acids is 1. The molecule has 1 N–H and O–H groups in total. The Morgan fingerprint density at radius 3 is 3.06 bits per heavy atom. The highest BCUT2D eigenvalue weighted by molar-refractivity contribution is 9.10. The fraction of sp³-hybridized carbons (Fsp3) is 0.462. The van der Waals surface area contributed by atoms with Gasteiger partial charge in [0.05, 0.1) is 0 Å². The van der Waals surface area contributed by atoms with Crippen LogP contribution < -0.4 is 5.32 Å². The maximum atomic E-state index is 12.1. The monoisotopic (exact) mass is 345 g/mol. The molecule has 0 radical (unpaired) electrons. The molecule has 2 rings (SSSR count). The zero-order valence-electron chi connectivity index (χ0n) is 10.2. The van der Waals surface area contributed by atoms with Crippen LogP contribution in [-0.4, -0.2) is 35.0 Å². The van der Waals surface area contributed by atoms with Crippen LogP contribution in [0.3, 0.4) is 0 Å². The number of halogens is 1. The molecule has 1 heterocycles. The van der Waals surface area contributed by atoms with E-state index >= 15 is 0 Å². The average Bonchev–Trinajstić information content (AvgIpc) is 2.40. The first-order valence-corrected chi connectivity index (χ1v) is 8.91. The molecule has 0 spiro atoms. The summed E-state index contributed by atoms with van der Waals surface area (Å²) >= 11 is 7.39. The fourth-order valence-electron chi connectivity index (χ4n) is 1.81. The summed E-state index contributed by atoms with van der Waals surface area (Å²) in [6.07, 6.45) is 0. The fourth-order valence-corrected chi connectivity index (χ4v) is 4.79. The highest BCUT2D eigenvalue weighted by Gasteiger charge is 2.16. The molecule has 0 aromatic heterocycles. The van der Waals surface area contributed by atoms with Gasteiger partial charge in [0.15, 0.2) is 0 Å². The highest BCUT2D eigenvalue weighted by Crippen LogP contribution is 2.23. The molecule has 0 bridgehead atoms. The van der Waals surface area contributed by atoms with E-state index in [4.69, 9.17) is 0 Å². The van der Waals surface area contributed by atoms with Crippen molar-refractivity contribution in [2.45, 2.75) is 12.2 Å². The summed E-state index contributed by atoms with van der Waals surface area (Å²) in [5, 5.41) is 3.60. The lowest BCUT2D eigenvalue weighted by molar-refractivity contribution is 0.0953. The third-order valence-corrected chi connectivity index (χ3v) is 6.59. The second-order valence-corrected chi connectivity index (χ2v) is 7.60. The van der Waals surface area contributed by atoms with Gasteiger partial charge >= 0.3 is 0 Å². The van der Waals surface area contributed by atoms with Crippen LogP contribution >= 0.6 is 39.5 Å². The van der Waals surface area contributed by atoms with Gasteiger partial charge in [0.25, 0.3) is 5.91 Å². The van der Waals surface area contributed by atoms with Crippen molar-refractivity contribution in [2.75, 3.05) is 23.8 Å². The molecule has 0 aliphatic carbocycles. The molecular formula is C13H16BrNOS2. The van der Waals surface area contributed by atoms with Crippen molar-refractivity contribution in [3.63, 3.8) is 0 Å². The van der Waals surface area contributed by atoms with Crippen molar-refractivity contribution in [1.29, 1.82) is 0 Å². The van der Waals surface area contributed by atoms with Crippen LogP contribution in [0.2, 0.25) is 0 Å². The van der Waals surface area contributed by atoms with Gasteiger partial charge in [0.2, 0.25) is 0 Å². The lowest BCUT2D eigenvalue weighted by atomic mass is 10.1. The minimum absolute atomic E-state index is 0.0324. The van der Waals surface area contributed by atoms with Gasteiger partial charge in [-0.1, -0.05) is 22.0 Å². The van der Waals surface area contributed by atoms with Crippen LogP contribution in [0.15, 0.2) is 22.7 Å². The number of amides is 1. The van der Waals surface area contributed by atoms with E-state index < -0.39 is 0 Å². The van der Waals surface area contributed by atoms with Gasteiger partial charge in [-0.2, -0.15) is 23.5 Å². The van der Waals surface area contributed by atoms with Gasteiger partial charge in [0.1, 0.15) is 0 Å². The minimum atomic E-state index is 0.0324. The van der Waals surface area contributed by atoms with Gasteiger partial charge in [-0.25, -0.2) is 0 Å². The normalized spacial score (nSPS) is 19.6. The topological polar surface area (TPSA) is 29.1 Å². The zero-order valence-corrected chi connectivity index (χ0v) is 13.5. The number of hydrogen-bond donors (Lipinski definition) is 1. The number of rotatable bonds is 3. The predicted molar refractivity (Wildman–Crippen MR) is 84.8 cm³/mol. The number of hydrogen-bond acceptors (Lipinski definition) is 3. The Kier molecular flexibility index (Phi) is 5.45. The maximum Gasteiger partial charge on any atom is 0.251 e. The standard InChI is InChI=1S/C13H16BrNOS2/c1-9-11(3-2-4-12(9)14)13(16)15-7-10-8-17-5-6-18-10/h2-4,10H,5-8H2,1H3,(H,15,16). The van der Waals surface area contributed by atoms with E-state index in [0.717, 1.165) is 27.9 Å². The molecule has 2 nitrogen and oxygen atoms in total. The molecule has 1 saturated heterocycles. The number of benzene rings is 1. The Morgan fingerprint density at radius 1 is 1.50 bits per heavy atom. The van der Waals surface area contributed by atoms with Crippen molar-refractivity contribution in [1.82, 2.24) is 5.32 Å². The van der Waals surface area contributed by atoms with Gasteiger partial charge in [-0.15, -0.1) is 0 Å². The second kappa shape index (κ2) is 6.87. The first-order chi connectivity index (χ1) is 8.68. The third-order valence-electron chi connectivity index (χ3n) is 2.89. The number of thioether (sulfide) groups is 2. The second-order valence-electron chi connectivity index (χ2n) is 4.19. The van der Waals surface area contributed by atoms with Crippen molar-refractivity contribution in [2.24, 2.45) is 0 Å². The molecule has 1 unspecified atom stereocenters. The van der Waals surface area contributed by atoms with Gasteiger partial charge in [0, 0.05) is 39.1 Å². The predicted octanol–water partition coefficient (Wildman–Crippen LogP) is 3.34. The third kappa shape index (κ3) is 3.68. The average molecular weight is 346 g/mol. The van der Waals surface area contributed by atoms with Crippen molar-refractivity contribution in [3.05, 3.63) is 33.8 Å². The lowest BCUT2D eigenvalue weighted by Crippen LogP contribution is -2.33. The molecule has 1 aromatic rings. The minimum Gasteiger partial charge on any atom is -0.351 e. The summed E-state index contributed by atoms with van der Waals surface area (Å²) in [5.41, 5.74) is 1.76. The molecule has 1 aliphatic heterocycles. The Balaban J connectivity index is 1.93. The Bertz CT molecular complexity index is 433. The molecule has 1 atom stereocenters. The van der Waals surface area contributed by atoms with Crippen LogP contribution in [0.4, 0.5) is 0 Å². The van der Waals surface area contributed by atoms with Crippen molar-refractivity contribution >= 4 is 45.4 Å². The molecule has 18 heavy (non-hydrogen) atoms. The number of nitrogens with one attached hydrogen (secondary N) is 1. The molecule has 0 saturated carbocycles. The lowest BCUT2D eigenvalue weighted by Gasteiger charge is -2.21. The SMILES string of the molecule is Cc1c(Br)cccc1C(=O)NCC1CSCCS1. The molecule has 5 heteroatoms. The molecule has 1 aliphatic rings. The van der Waals surface area contributed by atoms with Gasteiger partial charge < -0.3 is 5.32 Å². The summed E-state index contributed by atoms with van der Waals surface area (Å²) in [7, 11) is 0. The Labute approximate surface area is 125 Å². The first-order valence-electron chi connectivity index (χ1n) is 5.91. The van der Waals surface area contributed by atoms with Crippen LogP contribution in [0.1, 0.15) is 15.9 Å². The van der Waals surface area contributed by atoms with E-state index in [1.54, 1.807) is 0 Å². The summed E-state index contributed by atoms with van der Waals surface area (Å²) in [6, 6.07) is 5.73. The van der Waals surface area contributed by atoms with E-state index in [2.05, 4.69) is 21.2 Å². The van der Waals surface area contributed by atoms with Crippen molar-refractivity contribution in [3.8, 4) is 0 Å². The van der Waals surface area contributed by atoms with Crippen LogP contribution in [0, 0.1) is 6.92 Å².